The molecule has 1 aliphatic rings. The third-order valence-corrected chi connectivity index (χ3v) is 7.15. The predicted molar refractivity (Wildman–Crippen MR) is 152 cm³/mol. The molecule has 41 heavy (non-hydrogen) atoms. The van der Waals surface area contributed by atoms with Crippen molar-refractivity contribution in [3.8, 4) is 11.5 Å². The van der Waals surface area contributed by atoms with Crippen LogP contribution in [0.15, 0.2) is 73.3 Å². The summed E-state index contributed by atoms with van der Waals surface area (Å²) in [5, 5.41) is 11.3. The van der Waals surface area contributed by atoms with Gasteiger partial charge in [-0.1, -0.05) is 42.7 Å². The zero-order valence-corrected chi connectivity index (χ0v) is 23.2. The molecule has 1 amide bonds. The number of nitrogens with zero attached hydrogens (tertiary/aromatic N) is 2. The molecule has 0 aliphatic carbocycles. The Balaban J connectivity index is 1.91. The van der Waals surface area contributed by atoms with E-state index in [-0.39, 0.29) is 34.4 Å². The topological polar surface area (TPSA) is 115 Å². The Kier molecular flexibility index (Phi) is 8.98. The highest BCUT2D eigenvalue weighted by molar-refractivity contribution is 7.17. The first-order chi connectivity index (χ1) is 19.7. The van der Waals surface area contributed by atoms with Crippen molar-refractivity contribution < 1.29 is 38.1 Å². The van der Waals surface area contributed by atoms with Crippen LogP contribution in [0.25, 0.3) is 5.76 Å². The molecule has 1 fully saturated rings. The molecule has 1 saturated heterocycles. The first-order valence-corrected chi connectivity index (χ1v) is 13.4. The number of anilines is 1. The first kappa shape index (κ1) is 29.2. The van der Waals surface area contributed by atoms with Gasteiger partial charge in [-0.3, -0.25) is 14.5 Å². The average Bonchev–Trinajstić information content (AvgIpc) is 3.47. The van der Waals surface area contributed by atoms with Gasteiger partial charge in [0.2, 0.25) is 0 Å². The van der Waals surface area contributed by atoms with Crippen molar-refractivity contribution in [2.24, 2.45) is 0 Å². The molecule has 2 aromatic carbocycles. The monoisotopic (exact) mass is 578 g/mol. The first-order valence-electron chi connectivity index (χ1n) is 12.5. The van der Waals surface area contributed by atoms with Crippen LogP contribution in [0, 0.1) is 12.7 Å². The summed E-state index contributed by atoms with van der Waals surface area (Å²) in [5.41, 5.74) is 0.578. The molecule has 212 valence electrons. The normalized spacial score (nSPS) is 16.0. The van der Waals surface area contributed by atoms with Crippen LogP contribution < -0.4 is 14.4 Å². The molecule has 11 heteroatoms. The smallest absolute Gasteiger partial charge is 0.350 e. The van der Waals surface area contributed by atoms with Crippen LogP contribution in [0.5, 0.6) is 11.5 Å². The van der Waals surface area contributed by atoms with Crippen LogP contribution in [-0.4, -0.2) is 47.6 Å². The Morgan fingerprint density at radius 3 is 2.46 bits per heavy atom. The summed E-state index contributed by atoms with van der Waals surface area (Å²) < 4.78 is 30.2. The number of aliphatic hydroxyl groups is 1. The third-order valence-electron chi connectivity index (χ3n) is 6.01. The lowest BCUT2D eigenvalue weighted by atomic mass is 9.95. The van der Waals surface area contributed by atoms with Crippen LogP contribution in [0.2, 0.25) is 0 Å². The van der Waals surface area contributed by atoms with Crippen molar-refractivity contribution in [2.75, 3.05) is 24.7 Å². The largest absolute Gasteiger partial charge is 0.507 e. The Labute approximate surface area is 239 Å². The number of halogens is 1. The summed E-state index contributed by atoms with van der Waals surface area (Å²) in [6.07, 6.45) is 2.99. The van der Waals surface area contributed by atoms with Gasteiger partial charge in [0.05, 0.1) is 23.9 Å². The molecule has 9 nitrogen and oxygen atoms in total. The van der Waals surface area contributed by atoms with E-state index in [0.29, 0.717) is 29.4 Å². The lowest BCUT2D eigenvalue weighted by molar-refractivity contribution is -0.132. The van der Waals surface area contributed by atoms with Gasteiger partial charge >= 0.3 is 11.9 Å². The molecule has 4 rings (SSSR count). The highest BCUT2D eigenvalue weighted by Gasteiger charge is 2.48. The maximum Gasteiger partial charge on any atom is 0.350 e. The van der Waals surface area contributed by atoms with Crippen molar-refractivity contribution in [1.82, 2.24) is 4.98 Å². The van der Waals surface area contributed by atoms with Crippen molar-refractivity contribution in [3.63, 3.8) is 0 Å². The van der Waals surface area contributed by atoms with E-state index in [1.807, 2.05) is 0 Å². The maximum atomic E-state index is 13.6. The predicted octanol–water partition coefficient (Wildman–Crippen LogP) is 5.52. The minimum absolute atomic E-state index is 0.0197. The number of Topliss-reactive ketones (excluding diaryl/α,β-unsaturated/α-hetero) is 1. The van der Waals surface area contributed by atoms with Crippen LogP contribution in [0.4, 0.5) is 9.52 Å². The number of ether oxygens (including phenoxy) is 3. The zero-order valence-electron chi connectivity index (χ0n) is 22.4. The van der Waals surface area contributed by atoms with Crippen LogP contribution >= 0.6 is 11.3 Å². The number of amides is 1. The fraction of sp³-hybridized carbons (Fsp3) is 0.200. The summed E-state index contributed by atoms with van der Waals surface area (Å²) in [6, 6.07) is 8.53. The summed E-state index contributed by atoms with van der Waals surface area (Å²) in [4.78, 5) is 45.2. The maximum absolute atomic E-state index is 13.6. The van der Waals surface area contributed by atoms with Crippen molar-refractivity contribution >= 4 is 39.9 Å². The molecule has 0 spiro atoms. The lowest BCUT2D eigenvalue weighted by Crippen LogP contribution is -2.29. The highest BCUT2D eigenvalue weighted by atomic mass is 32.1. The SMILES string of the molecule is C=CCOC(=O)c1sc(N2C(=O)C(=O)C(=C(O)c3ccc(F)cc3)C2c2ccc(OCC=C)c(OCC)c2)nc1C. The van der Waals surface area contributed by atoms with Gasteiger partial charge in [-0.2, -0.15) is 0 Å². The Morgan fingerprint density at radius 2 is 1.80 bits per heavy atom. The summed E-state index contributed by atoms with van der Waals surface area (Å²) in [7, 11) is 0. The van der Waals surface area contributed by atoms with Gasteiger partial charge in [0.25, 0.3) is 5.78 Å². The number of carbonyl (C=O) groups is 3. The standard InChI is InChI=1S/C30H27FN2O7S/c1-5-14-39-21-13-10-19(16-22(21)38-7-3)24-23(25(34)18-8-11-20(31)12-9-18)26(35)28(36)33(24)30-32-17(4)27(41-30)29(37)40-15-6-2/h5-6,8-13,16,24,34H,1-2,7,14-15H2,3-4H3. The molecule has 1 unspecified atom stereocenters. The fourth-order valence-corrected chi connectivity index (χ4v) is 5.20. The van der Waals surface area contributed by atoms with Gasteiger partial charge in [-0.25, -0.2) is 14.2 Å². The summed E-state index contributed by atoms with van der Waals surface area (Å²) in [5.74, 6) is -2.91. The molecule has 1 aromatic heterocycles. The average molecular weight is 579 g/mol. The zero-order chi connectivity index (χ0) is 29.7. The molecule has 0 saturated carbocycles. The van der Waals surface area contributed by atoms with Crippen molar-refractivity contribution in [3.05, 3.63) is 101 Å². The Bertz CT molecular complexity index is 1540. The van der Waals surface area contributed by atoms with Gasteiger partial charge in [0.15, 0.2) is 16.6 Å². The number of aryl methyl sites for hydroxylation is 1. The molecular formula is C30H27FN2O7S. The third kappa shape index (κ3) is 5.90. The van der Waals surface area contributed by atoms with E-state index < -0.39 is 35.3 Å². The number of rotatable bonds is 11. The molecule has 3 aromatic rings. The van der Waals surface area contributed by atoms with Gasteiger partial charge in [0.1, 0.15) is 29.7 Å². The van der Waals surface area contributed by atoms with Crippen LogP contribution in [0.1, 0.15) is 39.5 Å². The number of carbonyl (C=O) groups excluding carboxylic acids is 3. The molecule has 1 atom stereocenters. The Morgan fingerprint density at radius 1 is 1.10 bits per heavy atom. The van der Waals surface area contributed by atoms with Crippen molar-refractivity contribution in [1.29, 1.82) is 0 Å². The second kappa shape index (κ2) is 12.6. The van der Waals surface area contributed by atoms with E-state index in [1.54, 1.807) is 38.1 Å². The molecule has 0 radical (unpaired) electrons. The van der Waals surface area contributed by atoms with Crippen molar-refractivity contribution in [2.45, 2.75) is 19.9 Å². The van der Waals surface area contributed by atoms with Gasteiger partial charge < -0.3 is 19.3 Å². The fourth-order valence-electron chi connectivity index (χ4n) is 4.21. The number of hydrogen-bond acceptors (Lipinski definition) is 9. The number of ketones is 1. The van der Waals surface area contributed by atoms with E-state index >= 15 is 0 Å². The van der Waals surface area contributed by atoms with Gasteiger partial charge in [0, 0.05) is 5.56 Å². The summed E-state index contributed by atoms with van der Waals surface area (Å²) >= 11 is 0.872. The van der Waals surface area contributed by atoms with E-state index in [1.165, 1.54) is 18.2 Å². The van der Waals surface area contributed by atoms with Gasteiger partial charge in [-0.05, 0) is 55.8 Å². The van der Waals surface area contributed by atoms with Crippen LogP contribution in [0.3, 0.4) is 0 Å². The highest BCUT2D eigenvalue weighted by Crippen LogP contribution is 2.45. The molecule has 2 heterocycles. The van der Waals surface area contributed by atoms with E-state index in [9.17, 15) is 23.9 Å². The van der Waals surface area contributed by atoms with E-state index in [0.717, 1.165) is 28.4 Å². The second-order valence-corrected chi connectivity index (χ2v) is 9.69. The molecule has 1 N–H and O–H groups in total. The van der Waals surface area contributed by atoms with Gasteiger partial charge in [-0.15, -0.1) is 0 Å². The minimum Gasteiger partial charge on any atom is -0.507 e. The molecule has 0 bridgehead atoms. The van der Waals surface area contributed by atoms with Crippen LogP contribution in [-0.2, 0) is 14.3 Å². The number of benzene rings is 2. The Hall–Kier alpha value is -4.77. The lowest BCUT2D eigenvalue weighted by Gasteiger charge is -2.24. The van der Waals surface area contributed by atoms with E-state index in [2.05, 4.69) is 18.1 Å². The number of aliphatic hydroxyl groups excluding tert-OH is 1. The van der Waals surface area contributed by atoms with E-state index in [4.69, 9.17) is 14.2 Å². The number of aromatic nitrogens is 1. The second-order valence-electron chi connectivity index (χ2n) is 8.71. The number of hydrogen-bond donors (Lipinski definition) is 1. The number of esters is 1. The summed E-state index contributed by atoms with van der Waals surface area (Å²) in [6.45, 7) is 11.0. The molecule has 1 aliphatic heterocycles. The number of thiazole rings is 1. The quantitative estimate of drug-likeness (QED) is 0.104. The minimum atomic E-state index is -1.17. The molecular weight excluding hydrogens is 551 g/mol.